The molecule has 1 heterocycles. The van der Waals surface area contributed by atoms with E-state index in [-0.39, 0.29) is 11.5 Å². The van der Waals surface area contributed by atoms with Crippen LogP contribution in [0.3, 0.4) is 0 Å². The maximum Gasteiger partial charge on any atom is 0.408 e. The number of alkyl halides is 1. The standard InChI is InChI=1S/C12H21ClN2O5S/c1-7(14-11(17)20-12(2,3)4)10(16)15-9-6-21(18,19)5-8(9)13/h7-9H,5-6H2,1-4H3,(H,14,17)(H,15,16)/t7-,8?,9?/m0/s1. The van der Waals surface area contributed by atoms with Crippen LogP contribution in [0.15, 0.2) is 0 Å². The number of rotatable bonds is 3. The molecule has 2 amide bonds. The number of alkyl carbamates (subject to hydrolysis) is 1. The highest BCUT2D eigenvalue weighted by Crippen LogP contribution is 2.18. The van der Waals surface area contributed by atoms with Crippen molar-refractivity contribution >= 4 is 33.4 Å². The number of ether oxygens (including phenoxy) is 1. The molecule has 1 fully saturated rings. The minimum Gasteiger partial charge on any atom is -0.444 e. The normalized spacial score (nSPS) is 26.0. The molecule has 0 aliphatic carbocycles. The maximum atomic E-state index is 11.9. The zero-order chi connectivity index (χ0) is 16.4. The number of nitrogens with one attached hydrogen (secondary N) is 2. The van der Waals surface area contributed by atoms with Crippen LogP contribution in [0.2, 0.25) is 0 Å². The molecule has 1 saturated heterocycles. The zero-order valence-corrected chi connectivity index (χ0v) is 14.0. The first-order valence-corrected chi connectivity index (χ1v) is 8.80. The first-order valence-electron chi connectivity index (χ1n) is 6.54. The largest absolute Gasteiger partial charge is 0.444 e. The zero-order valence-electron chi connectivity index (χ0n) is 12.5. The average molecular weight is 341 g/mol. The molecule has 1 aliphatic heterocycles. The van der Waals surface area contributed by atoms with Gasteiger partial charge in [0.05, 0.1) is 22.9 Å². The summed E-state index contributed by atoms with van der Waals surface area (Å²) in [7, 11) is -3.22. The van der Waals surface area contributed by atoms with Crippen molar-refractivity contribution in [1.29, 1.82) is 0 Å². The van der Waals surface area contributed by atoms with Gasteiger partial charge in [-0.15, -0.1) is 11.6 Å². The van der Waals surface area contributed by atoms with Crippen LogP contribution in [0.1, 0.15) is 27.7 Å². The van der Waals surface area contributed by atoms with Crippen molar-refractivity contribution in [2.24, 2.45) is 0 Å². The first-order chi connectivity index (χ1) is 9.39. The lowest BCUT2D eigenvalue weighted by Gasteiger charge is -2.22. The lowest BCUT2D eigenvalue weighted by atomic mass is 10.2. The summed E-state index contributed by atoms with van der Waals surface area (Å²) in [4.78, 5) is 23.5. The quantitative estimate of drug-likeness (QED) is 0.725. The first kappa shape index (κ1) is 18.0. The van der Waals surface area contributed by atoms with Crippen molar-refractivity contribution < 1.29 is 22.7 Å². The minimum absolute atomic E-state index is 0.159. The second kappa shape index (κ2) is 6.39. The number of sulfone groups is 1. The molecule has 9 heteroatoms. The van der Waals surface area contributed by atoms with E-state index in [0.29, 0.717) is 0 Å². The van der Waals surface area contributed by atoms with Crippen LogP contribution >= 0.6 is 11.6 Å². The molecule has 3 atom stereocenters. The van der Waals surface area contributed by atoms with Crippen LogP contribution in [-0.4, -0.2) is 55.0 Å². The summed E-state index contributed by atoms with van der Waals surface area (Å²) in [6.07, 6.45) is -0.716. The SMILES string of the molecule is C[C@H](NC(=O)OC(C)(C)C)C(=O)NC1CS(=O)(=O)CC1Cl. The van der Waals surface area contributed by atoms with E-state index in [1.54, 1.807) is 20.8 Å². The van der Waals surface area contributed by atoms with Crippen LogP contribution in [0.4, 0.5) is 4.79 Å². The van der Waals surface area contributed by atoms with E-state index in [1.807, 2.05) is 0 Å². The van der Waals surface area contributed by atoms with Crippen LogP contribution in [0.5, 0.6) is 0 Å². The molecule has 2 N–H and O–H groups in total. The Morgan fingerprint density at radius 3 is 2.29 bits per heavy atom. The smallest absolute Gasteiger partial charge is 0.408 e. The minimum atomic E-state index is -3.22. The topological polar surface area (TPSA) is 102 Å². The van der Waals surface area contributed by atoms with Gasteiger partial charge >= 0.3 is 6.09 Å². The summed E-state index contributed by atoms with van der Waals surface area (Å²) in [5.74, 6) is -0.854. The lowest BCUT2D eigenvalue weighted by Crippen LogP contribution is -2.51. The Balaban J connectivity index is 2.50. The summed E-state index contributed by atoms with van der Waals surface area (Å²) in [5, 5.41) is 4.25. The third kappa shape index (κ3) is 6.09. The number of carbonyl (C=O) groups excluding carboxylic acids is 2. The number of amides is 2. The molecule has 7 nitrogen and oxygen atoms in total. The van der Waals surface area contributed by atoms with Crippen molar-refractivity contribution in [3.05, 3.63) is 0 Å². The summed E-state index contributed by atoms with van der Waals surface area (Å²) >= 11 is 5.90. The van der Waals surface area contributed by atoms with Gasteiger partial charge in [-0.25, -0.2) is 13.2 Å². The van der Waals surface area contributed by atoms with Gasteiger partial charge in [-0.1, -0.05) is 0 Å². The predicted molar refractivity (Wildman–Crippen MR) is 79.1 cm³/mol. The molecule has 1 rings (SSSR count). The molecular weight excluding hydrogens is 320 g/mol. The summed E-state index contributed by atoms with van der Waals surface area (Å²) in [6, 6.07) is -1.50. The van der Waals surface area contributed by atoms with E-state index in [1.165, 1.54) is 6.92 Å². The van der Waals surface area contributed by atoms with E-state index >= 15 is 0 Å². The van der Waals surface area contributed by atoms with Crippen molar-refractivity contribution in [2.45, 2.75) is 50.8 Å². The summed E-state index contributed by atoms with van der Waals surface area (Å²) in [5.41, 5.74) is -0.666. The van der Waals surface area contributed by atoms with Crippen LogP contribution in [0, 0.1) is 0 Å². The fraction of sp³-hybridized carbons (Fsp3) is 0.833. The predicted octanol–water partition coefficient (Wildman–Crippen LogP) is 0.420. The molecule has 0 aromatic heterocycles. The molecule has 0 saturated carbocycles. The van der Waals surface area contributed by atoms with Crippen molar-refractivity contribution in [3.8, 4) is 0 Å². The molecule has 2 unspecified atom stereocenters. The number of hydrogen-bond acceptors (Lipinski definition) is 5. The summed E-state index contributed by atoms with van der Waals surface area (Å²) < 4.78 is 27.9. The second-order valence-electron chi connectivity index (χ2n) is 6.08. The molecule has 0 bridgehead atoms. The van der Waals surface area contributed by atoms with Gasteiger partial charge in [0.2, 0.25) is 5.91 Å². The lowest BCUT2D eigenvalue weighted by molar-refractivity contribution is -0.123. The van der Waals surface area contributed by atoms with Gasteiger partial charge in [0.15, 0.2) is 9.84 Å². The van der Waals surface area contributed by atoms with Gasteiger partial charge in [-0.3, -0.25) is 4.79 Å². The van der Waals surface area contributed by atoms with Crippen molar-refractivity contribution in [1.82, 2.24) is 10.6 Å². The monoisotopic (exact) mass is 340 g/mol. The van der Waals surface area contributed by atoms with E-state index in [4.69, 9.17) is 16.3 Å². The van der Waals surface area contributed by atoms with Gasteiger partial charge in [-0.05, 0) is 27.7 Å². The second-order valence-corrected chi connectivity index (χ2v) is 8.79. The van der Waals surface area contributed by atoms with Crippen molar-refractivity contribution in [3.63, 3.8) is 0 Å². The van der Waals surface area contributed by atoms with E-state index in [2.05, 4.69) is 10.6 Å². The van der Waals surface area contributed by atoms with Crippen molar-refractivity contribution in [2.75, 3.05) is 11.5 Å². The van der Waals surface area contributed by atoms with Gasteiger partial charge in [0.25, 0.3) is 0 Å². The maximum absolute atomic E-state index is 11.9. The molecule has 0 aromatic carbocycles. The highest BCUT2D eigenvalue weighted by Gasteiger charge is 2.38. The van der Waals surface area contributed by atoms with Gasteiger partial charge < -0.3 is 15.4 Å². The number of halogens is 1. The molecule has 122 valence electrons. The Labute approximate surface area is 129 Å². The third-order valence-corrected chi connectivity index (χ3v) is 5.11. The Morgan fingerprint density at radius 2 is 1.86 bits per heavy atom. The molecule has 21 heavy (non-hydrogen) atoms. The number of carbonyl (C=O) groups is 2. The Hall–Kier alpha value is -1.02. The third-order valence-electron chi connectivity index (χ3n) is 2.74. The van der Waals surface area contributed by atoms with Gasteiger partial charge in [-0.2, -0.15) is 0 Å². The van der Waals surface area contributed by atoms with E-state index in [9.17, 15) is 18.0 Å². The van der Waals surface area contributed by atoms with Crippen LogP contribution in [0.25, 0.3) is 0 Å². The average Bonchev–Trinajstić information content (AvgIpc) is 2.48. The highest BCUT2D eigenvalue weighted by molar-refractivity contribution is 7.91. The fourth-order valence-electron chi connectivity index (χ4n) is 1.79. The Kier molecular flexibility index (Phi) is 5.49. The Morgan fingerprint density at radius 1 is 1.29 bits per heavy atom. The van der Waals surface area contributed by atoms with Gasteiger partial charge in [0.1, 0.15) is 11.6 Å². The van der Waals surface area contributed by atoms with Gasteiger partial charge in [0, 0.05) is 0 Å². The van der Waals surface area contributed by atoms with Crippen LogP contribution in [-0.2, 0) is 19.4 Å². The highest BCUT2D eigenvalue weighted by atomic mass is 35.5. The molecule has 1 aliphatic rings. The van der Waals surface area contributed by atoms with E-state index < -0.39 is 44.9 Å². The summed E-state index contributed by atoms with van der Waals surface area (Å²) in [6.45, 7) is 6.60. The Bertz CT molecular complexity index is 514. The molecular formula is C12H21ClN2O5S. The molecule has 0 spiro atoms. The molecule has 0 radical (unpaired) electrons. The number of hydrogen-bond donors (Lipinski definition) is 2. The fourth-order valence-corrected chi connectivity index (χ4v) is 4.34. The van der Waals surface area contributed by atoms with E-state index in [0.717, 1.165) is 0 Å². The van der Waals surface area contributed by atoms with Crippen LogP contribution < -0.4 is 10.6 Å². The molecule has 0 aromatic rings.